The van der Waals surface area contributed by atoms with E-state index < -0.39 is 0 Å². The van der Waals surface area contributed by atoms with Crippen LogP contribution in [0.25, 0.3) is 10.2 Å². The second-order valence-corrected chi connectivity index (χ2v) is 9.95. The number of anilines is 2. The van der Waals surface area contributed by atoms with Crippen LogP contribution in [0.15, 0.2) is 30.6 Å². The second-order valence-electron chi connectivity index (χ2n) is 8.95. The maximum absolute atomic E-state index is 13.5. The molecule has 2 aliphatic heterocycles. The summed E-state index contributed by atoms with van der Waals surface area (Å²) in [7, 11) is 1.68. The lowest BCUT2D eigenvalue weighted by atomic mass is 10.0. The molecule has 8 heteroatoms. The standard InChI is InChI=1S/C25H31N5O2S/c1-17-6-4-5-11-30(17)23-21-18(2)22(33-24(21)27-16-26-23)25(31)29-14-12-28(13-15-29)19-7-9-20(32-3)10-8-19/h7-10,16-17H,4-6,11-15H2,1-3H3/t17-/m1/s1. The zero-order valence-corrected chi connectivity index (χ0v) is 20.4. The number of rotatable bonds is 4. The highest BCUT2D eigenvalue weighted by atomic mass is 32.1. The Morgan fingerprint density at radius 3 is 2.52 bits per heavy atom. The van der Waals surface area contributed by atoms with Gasteiger partial charge in [0.1, 0.15) is 22.7 Å². The van der Waals surface area contributed by atoms with Gasteiger partial charge in [-0.25, -0.2) is 9.97 Å². The molecule has 0 radical (unpaired) electrons. The molecule has 1 atom stereocenters. The van der Waals surface area contributed by atoms with Gasteiger partial charge >= 0.3 is 0 Å². The number of fused-ring (bicyclic) bond motifs is 1. The number of hydrogen-bond donors (Lipinski definition) is 0. The molecule has 1 aromatic carbocycles. The molecule has 3 aromatic rings. The van der Waals surface area contributed by atoms with Crippen molar-refractivity contribution in [2.75, 3.05) is 49.6 Å². The molecule has 5 rings (SSSR count). The molecule has 2 fully saturated rings. The Kier molecular flexibility index (Phi) is 6.10. The molecular formula is C25H31N5O2S. The number of methoxy groups -OCH3 is 1. The number of piperidine rings is 1. The van der Waals surface area contributed by atoms with Gasteiger partial charge in [-0.1, -0.05) is 0 Å². The topological polar surface area (TPSA) is 61.8 Å². The van der Waals surface area contributed by atoms with Crippen LogP contribution in [0.2, 0.25) is 0 Å². The number of aromatic nitrogens is 2. The van der Waals surface area contributed by atoms with Crippen LogP contribution in [-0.2, 0) is 0 Å². The number of piperazine rings is 1. The van der Waals surface area contributed by atoms with Gasteiger partial charge in [0, 0.05) is 44.5 Å². The fourth-order valence-corrected chi connectivity index (χ4v) is 6.10. The number of ether oxygens (including phenoxy) is 1. The Bertz CT molecular complexity index is 1140. The highest BCUT2D eigenvalue weighted by Crippen LogP contribution is 2.37. The van der Waals surface area contributed by atoms with Crippen LogP contribution in [0.1, 0.15) is 41.4 Å². The molecule has 0 N–H and O–H groups in total. The Balaban J connectivity index is 1.35. The molecule has 33 heavy (non-hydrogen) atoms. The largest absolute Gasteiger partial charge is 0.497 e. The third-order valence-corrected chi connectivity index (χ3v) is 8.17. The predicted molar refractivity (Wildman–Crippen MR) is 134 cm³/mol. The van der Waals surface area contributed by atoms with Crippen molar-refractivity contribution in [2.45, 2.75) is 39.2 Å². The van der Waals surface area contributed by atoms with Crippen LogP contribution in [0.4, 0.5) is 11.5 Å². The van der Waals surface area contributed by atoms with Gasteiger partial charge in [0.05, 0.1) is 17.4 Å². The van der Waals surface area contributed by atoms with Gasteiger partial charge in [-0.15, -0.1) is 11.3 Å². The molecule has 0 saturated carbocycles. The lowest BCUT2D eigenvalue weighted by Gasteiger charge is -2.36. The number of nitrogens with zero attached hydrogens (tertiary/aromatic N) is 5. The van der Waals surface area contributed by atoms with E-state index in [0.29, 0.717) is 19.1 Å². The van der Waals surface area contributed by atoms with Crippen LogP contribution < -0.4 is 14.5 Å². The van der Waals surface area contributed by atoms with E-state index in [9.17, 15) is 4.79 Å². The summed E-state index contributed by atoms with van der Waals surface area (Å²) in [6.45, 7) is 8.39. The van der Waals surface area contributed by atoms with E-state index >= 15 is 0 Å². The van der Waals surface area contributed by atoms with E-state index in [1.807, 2.05) is 17.0 Å². The van der Waals surface area contributed by atoms with Gasteiger partial charge in [0.2, 0.25) is 0 Å². The van der Waals surface area contributed by atoms with E-state index in [1.165, 1.54) is 30.6 Å². The van der Waals surface area contributed by atoms with Crippen molar-refractivity contribution in [3.63, 3.8) is 0 Å². The highest BCUT2D eigenvalue weighted by molar-refractivity contribution is 7.20. The van der Waals surface area contributed by atoms with Crippen molar-refractivity contribution in [1.29, 1.82) is 0 Å². The van der Waals surface area contributed by atoms with Crippen LogP contribution >= 0.6 is 11.3 Å². The summed E-state index contributed by atoms with van der Waals surface area (Å²) in [4.78, 5) is 31.1. The molecule has 1 amide bonds. The normalized spacial score (nSPS) is 19.2. The Hall–Kier alpha value is -2.87. The number of aryl methyl sites for hydroxylation is 1. The first-order valence-corrected chi connectivity index (χ1v) is 12.6. The second kappa shape index (κ2) is 9.17. The number of hydrogen-bond acceptors (Lipinski definition) is 7. The minimum absolute atomic E-state index is 0.113. The minimum Gasteiger partial charge on any atom is -0.497 e. The molecular weight excluding hydrogens is 434 g/mol. The minimum atomic E-state index is 0.113. The zero-order valence-electron chi connectivity index (χ0n) is 19.6. The van der Waals surface area contributed by atoms with Crippen molar-refractivity contribution >= 4 is 39.0 Å². The monoisotopic (exact) mass is 465 g/mol. The van der Waals surface area contributed by atoms with Crippen molar-refractivity contribution in [1.82, 2.24) is 14.9 Å². The fraction of sp³-hybridized carbons (Fsp3) is 0.480. The first kappa shape index (κ1) is 21.9. The van der Waals surface area contributed by atoms with Gasteiger partial charge in [0.15, 0.2) is 0 Å². The number of benzene rings is 1. The molecule has 0 unspecified atom stereocenters. The molecule has 174 valence electrons. The average molecular weight is 466 g/mol. The quantitative estimate of drug-likeness (QED) is 0.571. The number of thiophene rings is 1. The van der Waals surface area contributed by atoms with Gasteiger partial charge in [0.25, 0.3) is 5.91 Å². The van der Waals surface area contributed by atoms with Gasteiger partial charge in [-0.2, -0.15) is 0 Å². The fourth-order valence-electron chi connectivity index (χ4n) is 4.99. The molecule has 0 aliphatic carbocycles. The van der Waals surface area contributed by atoms with E-state index in [2.05, 4.69) is 45.7 Å². The Morgan fingerprint density at radius 1 is 1.06 bits per heavy atom. The Labute approximate surface area is 199 Å². The summed E-state index contributed by atoms with van der Waals surface area (Å²) in [5.41, 5.74) is 2.18. The van der Waals surface area contributed by atoms with Gasteiger partial charge < -0.3 is 19.4 Å². The molecule has 0 spiro atoms. The van der Waals surface area contributed by atoms with Crippen LogP contribution in [0.3, 0.4) is 0 Å². The van der Waals surface area contributed by atoms with Crippen molar-refractivity contribution < 1.29 is 9.53 Å². The summed E-state index contributed by atoms with van der Waals surface area (Å²) in [6.07, 6.45) is 5.28. The van der Waals surface area contributed by atoms with Crippen LogP contribution in [0.5, 0.6) is 5.75 Å². The maximum atomic E-state index is 13.5. The van der Waals surface area contributed by atoms with E-state index in [0.717, 1.165) is 57.5 Å². The van der Waals surface area contributed by atoms with E-state index in [1.54, 1.807) is 13.4 Å². The molecule has 4 heterocycles. The average Bonchev–Trinajstić information content (AvgIpc) is 3.21. The smallest absolute Gasteiger partial charge is 0.264 e. The summed E-state index contributed by atoms with van der Waals surface area (Å²) >= 11 is 1.51. The van der Waals surface area contributed by atoms with Crippen molar-refractivity contribution in [2.24, 2.45) is 0 Å². The van der Waals surface area contributed by atoms with Crippen LogP contribution in [-0.4, -0.2) is 66.7 Å². The summed E-state index contributed by atoms with van der Waals surface area (Å²) in [5, 5.41) is 1.05. The van der Waals surface area contributed by atoms with Crippen LogP contribution in [0, 0.1) is 6.92 Å². The zero-order chi connectivity index (χ0) is 22.9. The molecule has 2 aromatic heterocycles. The van der Waals surface area contributed by atoms with Gasteiger partial charge in [-0.05, 0) is 62.9 Å². The number of carbonyl (C=O) groups is 1. The summed E-state index contributed by atoms with van der Waals surface area (Å²) < 4.78 is 5.26. The molecule has 7 nitrogen and oxygen atoms in total. The van der Waals surface area contributed by atoms with E-state index in [4.69, 9.17) is 4.74 Å². The maximum Gasteiger partial charge on any atom is 0.264 e. The Morgan fingerprint density at radius 2 is 1.82 bits per heavy atom. The number of carbonyl (C=O) groups excluding carboxylic acids is 1. The summed E-state index contributed by atoms with van der Waals surface area (Å²) in [5.74, 6) is 1.96. The third kappa shape index (κ3) is 4.12. The third-order valence-electron chi connectivity index (χ3n) is 6.98. The lowest BCUT2D eigenvalue weighted by Crippen LogP contribution is -2.48. The first-order valence-electron chi connectivity index (χ1n) is 11.8. The first-order chi connectivity index (χ1) is 16.1. The SMILES string of the molecule is COc1ccc(N2CCN(C(=O)c3sc4ncnc(N5CCCC[C@H]5C)c4c3C)CC2)cc1. The van der Waals surface area contributed by atoms with Crippen molar-refractivity contribution in [3.8, 4) is 5.75 Å². The van der Waals surface area contributed by atoms with Crippen molar-refractivity contribution in [3.05, 3.63) is 41.0 Å². The summed E-state index contributed by atoms with van der Waals surface area (Å²) in [6, 6.07) is 8.58. The van der Waals surface area contributed by atoms with Gasteiger partial charge in [-0.3, -0.25) is 4.79 Å². The number of amides is 1. The molecule has 2 saturated heterocycles. The molecule has 2 aliphatic rings. The predicted octanol–water partition coefficient (Wildman–Crippen LogP) is 4.35. The highest BCUT2D eigenvalue weighted by Gasteiger charge is 2.29. The van der Waals surface area contributed by atoms with E-state index in [-0.39, 0.29) is 5.91 Å². The lowest BCUT2D eigenvalue weighted by molar-refractivity contribution is 0.0751. The molecule has 0 bridgehead atoms.